The van der Waals surface area contributed by atoms with Crippen molar-refractivity contribution in [2.75, 3.05) is 18.4 Å². The molecule has 9 nitrogen and oxygen atoms in total. The molecule has 162 valence electrons. The molecule has 1 aromatic carbocycles. The molecule has 0 aliphatic carbocycles. The van der Waals surface area contributed by atoms with Gasteiger partial charge in [0, 0.05) is 31.1 Å². The maximum atomic E-state index is 6.15. The van der Waals surface area contributed by atoms with E-state index in [2.05, 4.69) is 51.8 Å². The van der Waals surface area contributed by atoms with Gasteiger partial charge in [-0.1, -0.05) is 26.0 Å². The number of nitrogens with zero attached hydrogens (tertiary/aromatic N) is 6. The molecule has 1 aliphatic heterocycles. The Labute approximate surface area is 180 Å². The second kappa shape index (κ2) is 8.14. The van der Waals surface area contributed by atoms with E-state index < -0.39 is 0 Å². The number of hydrogen-bond acceptors (Lipinski definition) is 7. The molecule has 31 heavy (non-hydrogen) atoms. The highest BCUT2D eigenvalue weighted by atomic mass is 16.5. The Hall–Kier alpha value is -3.20. The summed E-state index contributed by atoms with van der Waals surface area (Å²) in [6.45, 7) is 6.72. The summed E-state index contributed by atoms with van der Waals surface area (Å²) in [5.74, 6) is 0.921. The summed E-state index contributed by atoms with van der Waals surface area (Å²) in [6.07, 6.45) is 5.95. The molecule has 9 heteroatoms. The Kier molecular flexibility index (Phi) is 5.19. The van der Waals surface area contributed by atoms with E-state index >= 15 is 0 Å². The van der Waals surface area contributed by atoms with Gasteiger partial charge in [0.2, 0.25) is 5.95 Å². The molecule has 1 atom stereocenters. The molecule has 0 spiro atoms. The monoisotopic (exact) mass is 420 g/mol. The molecular formula is C22H28N8O. The van der Waals surface area contributed by atoms with Crippen molar-refractivity contribution in [3.05, 3.63) is 41.7 Å². The first-order chi connectivity index (χ1) is 15.1. The van der Waals surface area contributed by atoms with Crippen LogP contribution in [0, 0.1) is 0 Å². The Bertz CT molecular complexity index is 1210. The minimum Gasteiger partial charge on any atom is -0.459 e. The lowest BCUT2D eigenvalue weighted by Crippen LogP contribution is -2.37. The number of nitrogens with one attached hydrogen (secondary N) is 2. The summed E-state index contributed by atoms with van der Waals surface area (Å²) < 4.78 is 9.81. The van der Waals surface area contributed by atoms with Gasteiger partial charge in [-0.15, -0.1) is 0 Å². The van der Waals surface area contributed by atoms with E-state index in [1.165, 1.54) is 0 Å². The Morgan fingerprint density at radius 3 is 2.94 bits per heavy atom. The van der Waals surface area contributed by atoms with Gasteiger partial charge in [0.05, 0.1) is 17.9 Å². The Balaban J connectivity index is 1.48. The van der Waals surface area contributed by atoms with Gasteiger partial charge in [0.1, 0.15) is 6.10 Å². The van der Waals surface area contributed by atoms with E-state index in [9.17, 15) is 0 Å². The molecule has 0 amide bonds. The van der Waals surface area contributed by atoms with Crippen LogP contribution in [0.25, 0.3) is 16.6 Å². The van der Waals surface area contributed by atoms with Crippen molar-refractivity contribution in [3.8, 4) is 6.01 Å². The van der Waals surface area contributed by atoms with Crippen LogP contribution in [-0.4, -0.2) is 48.6 Å². The smallest absolute Gasteiger partial charge is 0.322 e. The number of benzene rings is 1. The molecule has 1 fully saturated rings. The number of rotatable bonds is 6. The number of aromatic nitrogens is 6. The molecule has 3 aromatic heterocycles. The van der Waals surface area contributed by atoms with Crippen molar-refractivity contribution in [2.24, 2.45) is 7.05 Å². The molecule has 1 aliphatic rings. The second-order valence-corrected chi connectivity index (χ2v) is 8.38. The molecule has 0 saturated carbocycles. The fraction of sp³-hybridized carbons (Fsp3) is 0.455. The average Bonchev–Trinajstić information content (AvgIpc) is 3.37. The summed E-state index contributed by atoms with van der Waals surface area (Å²) in [7, 11) is 1.95. The number of ether oxygens (including phenoxy) is 1. The summed E-state index contributed by atoms with van der Waals surface area (Å²) in [6, 6.07) is 6.61. The van der Waals surface area contributed by atoms with Gasteiger partial charge >= 0.3 is 6.01 Å². The molecule has 0 bridgehead atoms. The normalized spacial score (nSPS) is 17.0. The van der Waals surface area contributed by atoms with Crippen LogP contribution >= 0.6 is 0 Å². The maximum Gasteiger partial charge on any atom is 0.322 e. The fourth-order valence-electron chi connectivity index (χ4n) is 4.08. The van der Waals surface area contributed by atoms with Crippen LogP contribution in [-0.2, 0) is 13.6 Å². The van der Waals surface area contributed by atoms with Gasteiger partial charge < -0.3 is 15.4 Å². The van der Waals surface area contributed by atoms with Crippen LogP contribution in [0.3, 0.4) is 0 Å². The van der Waals surface area contributed by atoms with E-state index in [-0.39, 0.29) is 6.10 Å². The average molecular weight is 421 g/mol. The zero-order valence-electron chi connectivity index (χ0n) is 18.2. The molecule has 5 rings (SSSR count). The molecule has 4 heterocycles. The lowest BCUT2D eigenvalue weighted by molar-refractivity contribution is 0.153. The first-order valence-electron chi connectivity index (χ1n) is 10.9. The quantitative estimate of drug-likeness (QED) is 0.495. The standard InChI is InChI=1S/C22H28N8O/c1-14(2)17-12-26-30-20(17)27-22(31-16-7-5-9-23-11-16)28-21(30)24-10-15-6-4-8-19-18(15)13-25-29(19)3/h4,6,8,12-14,16,23H,5,7,9-11H2,1-3H3,(H,24,27,28)/t16-/m1/s1. The summed E-state index contributed by atoms with van der Waals surface area (Å²) in [5.41, 5.74) is 4.10. The van der Waals surface area contributed by atoms with Crippen LogP contribution in [0.4, 0.5) is 5.95 Å². The molecule has 1 saturated heterocycles. The van der Waals surface area contributed by atoms with E-state index in [4.69, 9.17) is 9.72 Å². The zero-order valence-corrected chi connectivity index (χ0v) is 18.2. The van der Waals surface area contributed by atoms with Crippen LogP contribution in [0.15, 0.2) is 30.6 Å². The number of fused-ring (bicyclic) bond motifs is 2. The number of piperidine rings is 1. The molecule has 2 N–H and O–H groups in total. The topological polar surface area (TPSA) is 94.2 Å². The van der Waals surface area contributed by atoms with Crippen LogP contribution in [0.2, 0.25) is 0 Å². The predicted molar refractivity (Wildman–Crippen MR) is 119 cm³/mol. The maximum absolute atomic E-state index is 6.15. The second-order valence-electron chi connectivity index (χ2n) is 8.38. The SMILES string of the molecule is CC(C)c1cnn2c(NCc3cccc4c3cnn4C)nc(O[C@@H]3CCCNC3)nc12. The Morgan fingerprint density at radius 2 is 2.13 bits per heavy atom. The van der Waals surface area contributed by atoms with E-state index in [0.717, 1.165) is 53.6 Å². The summed E-state index contributed by atoms with van der Waals surface area (Å²) >= 11 is 0. The van der Waals surface area contributed by atoms with Crippen molar-refractivity contribution in [1.82, 2.24) is 34.7 Å². The van der Waals surface area contributed by atoms with Crippen molar-refractivity contribution >= 4 is 22.5 Å². The number of hydrogen-bond donors (Lipinski definition) is 2. The fourth-order valence-corrected chi connectivity index (χ4v) is 4.08. The van der Waals surface area contributed by atoms with E-state index in [1.54, 1.807) is 4.52 Å². The highest BCUT2D eigenvalue weighted by Crippen LogP contribution is 2.25. The number of anilines is 1. The number of aryl methyl sites for hydroxylation is 1. The lowest BCUT2D eigenvalue weighted by atomic mass is 10.1. The van der Waals surface area contributed by atoms with Crippen LogP contribution in [0.1, 0.15) is 43.7 Å². The van der Waals surface area contributed by atoms with Crippen molar-refractivity contribution in [3.63, 3.8) is 0 Å². The van der Waals surface area contributed by atoms with Gasteiger partial charge in [-0.25, -0.2) is 0 Å². The zero-order chi connectivity index (χ0) is 21.4. The molecule has 0 radical (unpaired) electrons. The van der Waals surface area contributed by atoms with E-state index in [1.807, 2.05) is 30.2 Å². The third kappa shape index (κ3) is 3.81. The van der Waals surface area contributed by atoms with Crippen LogP contribution < -0.4 is 15.4 Å². The minimum atomic E-state index is 0.0820. The van der Waals surface area contributed by atoms with Crippen molar-refractivity contribution in [2.45, 2.75) is 45.3 Å². The molecule has 4 aromatic rings. The van der Waals surface area contributed by atoms with Gasteiger partial charge in [-0.05, 0) is 36.9 Å². The minimum absolute atomic E-state index is 0.0820. The highest BCUT2D eigenvalue weighted by molar-refractivity contribution is 5.82. The molecule has 0 unspecified atom stereocenters. The lowest BCUT2D eigenvalue weighted by Gasteiger charge is -2.23. The van der Waals surface area contributed by atoms with Gasteiger partial charge in [-0.2, -0.15) is 24.7 Å². The van der Waals surface area contributed by atoms with Crippen molar-refractivity contribution in [1.29, 1.82) is 0 Å². The largest absolute Gasteiger partial charge is 0.459 e. The summed E-state index contributed by atoms with van der Waals surface area (Å²) in [4.78, 5) is 9.38. The Morgan fingerprint density at radius 1 is 1.23 bits per heavy atom. The first kappa shape index (κ1) is 19.7. The predicted octanol–water partition coefficient (Wildman–Crippen LogP) is 2.88. The highest BCUT2D eigenvalue weighted by Gasteiger charge is 2.20. The van der Waals surface area contributed by atoms with E-state index in [0.29, 0.717) is 24.4 Å². The van der Waals surface area contributed by atoms with Gasteiger partial charge in [0.15, 0.2) is 5.65 Å². The third-order valence-corrected chi connectivity index (χ3v) is 5.84. The van der Waals surface area contributed by atoms with Gasteiger partial charge in [-0.3, -0.25) is 4.68 Å². The van der Waals surface area contributed by atoms with Crippen molar-refractivity contribution < 1.29 is 4.74 Å². The molecular weight excluding hydrogens is 392 g/mol. The van der Waals surface area contributed by atoms with Crippen LogP contribution in [0.5, 0.6) is 6.01 Å². The third-order valence-electron chi connectivity index (χ3n) is 5.84. The van der Waals surface area contributed by atoms with Gasteiger partial charge in [0.25, 0.3) is 0 Å². The first-order valence-corrected chi connectivity index (χ1v) is 10.9. The summed E-state index contributed by atoms with van der Waals surface area (Å²) in [5, 5.41) is 16.9.